The average Bonchev–Trinajstić information content (AvgIpc) is 1.59. The lowest BCUT2D eigenvalue weighted by Gasteiger charge is -2.12. The normalized spacial score (nSPS) is 12.6. The van der Waals surface area contributed by atoms with Crippen molar-refractivity contribution in [1.29, 1.82) is 0 Å². The first kappa shape index (κ1) is 9.65. The average molecular weight is 161 g/mol. The van der Waals surface area contributed by atoms with E-state index in [2.05, 4.69) is 0 Å². The third kappa shape index (κ3) is 4.52. The summed E-state index contributed by atoms with van der Waals surface area (Å²) in [4.78, 5) is 0. The molecule has 0 heterocycles. The maximum Gasteiger partial charge on any atom is 0.256 e. The Balaban J connectivity index is 3.63. The molecule has 1 radical (unpaired) electrons. The Kier molecular flexibility index (Phi) is 3.60. The third-order valence-corrected chi connectivity index (χ3v) is 0.829. The molecule has 61 valence electrons. The molecule has 0 fully saturated rings. The lowest BCUT2D eigenvalue weighted by molar-refractivity contribution is -0.0570. The van der Waals surface area contributed by atoms with Gasteiger partial charge in [0.1, 0.15) is 6.67 Å². The molecule has 5 heteroatoms. The van der Waals surface area contributed by atoms with E-state index in [1.807, 2.05) is 0 Å². The Bertz CT molecular complexity index is 90.0. The predicted octanol–water partition coefficient (Wildman–Crippen LogP) is 2.80. The van der Waals surface area contributed by atoms with E-state index in [4.69, 9.17) is 0 Å². The van der Waals surface area contributed by atoms with Crippen molar-refractivity contribution in [3.8, 4) is 0 Å². The van der Waals surface area contributed by atoms with Gasteiger partial charge in [-0.1, -0.05) is 0 Å². The molecule has 10 heavy (non-hydrogen) atoms. The highest BCUT2D eigenvalue weighted by molar-refractivity contribution is 4.70. The first-order valence-corrected chi connectivity index (χ1v) is 2.56. The second kappa shape index (κ2) is 3.73. The highest BCUT2D eigenvalue weighted by Crippen LogP contribution is 2.27. The van der Waals surface area contributed by atoms with Gasteiger partial charge in [0.25, 0.3) is 5.92 Å². The molecule has 0 aliphatic rings. The zero-order chi connectivity index (χ0) is 8.20. The van der Waals surface area contributed by atoms with E-state index in [1.54, 1.807) is 0 Å². The monoisotopic (exact) mass is 161 g/mol. The summed E-state index contributed by atoms with van der Waals surface area (Å²) in [5.41, 5.74) is 0. The van der Waals surface area contributed by atoms with E-state index < -0.39 is 25.2 Å². The maximum atomic E-state index is 11.9. The molecule has 0 aliphatic carbocycles. The van der Waals surface area contributed by atoms with Crippen molar-refractivity contribution < 1.29 is 22.0 Å². The number of hydrogen-bond acceptors (Lipinski definition) is 0. The zero-order valence-electron chi connectivity index (χ0n) is 4.96. The molecule has 0 aromatic carbocycles. The first-order chi connectivity index (χ1) is 4.48. The molecule has 0 nitrogen and oxygen atoms in total. The summed E-state index contributed by atoms with van der Waals surface area (Å²) >= 11 is 0. The Morgan fingerprint density at radius 1 is 1.30 bits per heavy atom. The summed E-state index contributed by atoms with van der Waals surface area (Å²) in [7, 11) is 0. The smallest absolute Gasteiger partial charge is 0.244 e. The van der Waals surface area contributed by atoms with Gasteiger partial charge in [0, 0.05) is 6.42 Å². The summed E-state index contributed by atoms with van der Waals surface area (Å²) in [6.07, 6.45) is -5.90. The van der Waals surface area contributed by atoms with Crippen LogP contribution in [0.4, 0.5) is 22.0 Å². The topological polar surface area (TPSA) is 0 Å². The lowest BCUT2D eigenvalue weighted by atomic mass is 10.2. The van der Waals surface area contributed by atoms with E-state index >= 15 is 0 Å². The van der Waals surface area contributed by atoms with Gasteiger partial charge in [-0.05, 0) is 0 Å². The van der Waals surface area contributed by atoms with Gasteiger partial charge in [-0.25, -0.2) is 22.0 Å². The number of hydrogen-bond donors (Lipinski definition) is 0. The predicted molar refractivity (Wildman–Crippen MR) is 25.6 cm³/mol. The van der Waals surface area contributed by atoms with Crippen molar-refractivity contribution in [2.75, 3.05) is 0 Å². The van der Waals surface area contributed by atoms with Crippen LogP contribution in [0.3, 0.4) is 0 Å². The number of halogens is 5. The van der Waals surface area contributed by atoms with Gasteiger partial charge in [0.15, 0.2) is 0 Å². The molecule has 0 saturated carbocycles. The van der Waals surface area contributed by atoms with Crippen LogP contribution >= 0.6 is 0 Å². The SMILES string of the molecule is F[CH]CC(F)(F)CC(F)F. The molecular formula is C5H6F5. The minimum absolute atomic E-state index is 0.317. The highest BCUT2D eigenvalue weighted by atomic mass is 19.3. The van der Waals surface area contributed by atoms with Crippen molar-refractivity contribution in [1.82, 2.24) is 0 Å². The Morgan fingerprint density at radius 3 is 2.10 bits per heavy atom. The fourth-order valence-corrected chi connectivity index (χ4v) is 0.422. The standard InChI is InChI=1S/C5H6F5/c6-2-1-5(9,10)3-4(7)8/h2,4H,1,3H2. The Morgan fingerprint density at radius 2 is 1.80 bits per heavy atom. The van der Waals surface area contributed by atoms with Crippen LogP contribution < -0.4 is 0 Å². The molecule has 0 aromatic heterocycles. The van der Waals surface area contributed by atoms with Crippen LogP contribution in [0.1, 0.15) is 12.8 Å². The van der Waals surface area contributed by atoms with Crippen LogP contribution in [-0.2, 0) is 0 Å². The van der Waals surface area contributed by atoms with E-state index in [9.17, 15) is 22.0 Å². The molecule has 0 bridgehead atoms. The highest BCUT2D eigenvalue weighted by Gasteiger charge is 2.32. The van der Waals surface area contributed by atoms with Crippen molar-refractivity contribution in [3.63, 3.8) is 0 Å². The lowest BCUT2D eigenvalue weighted by Crippen LogP contribution is -2.19. The molecule has 0 saturated heterocycles. The van der Waals surface area contributed by atoms with Crippen molar-refractivity contribution in [2.24, 2.45) is 0 Å². The fraction of sp³-hybridized carbons (Fsp3) is 0.800. The van der Waals surface area contributed by atoms with Crippen molar-refractivity contribution >= 4 is 0 Å². The van der Waals surface area contributed by atoms with Gasteiger partial charge in [-0.15, -0.1) is 0 Å². The first-order valence-electron chi connectivity index (χ1n) is 2.56. The molecule has 0 aromatic rings. The largest absolute Gasteiger partial charge is 0.256 e. The van der Waals surface area contributed by atoms with Gasteiger partial charge in [0.2, 0.25) is 6.43 Å². The third-order valence-electron chi connectivity index (χ3n) is 0.829. The van der Waals surface area contributed by atoms with E-state index in [-0.39, 0.29) is 6.67 Å². The van der Waals surface area contributed by atoms with Gasteiger partial charge < -0.3 is 0 Å². The summed E-state index contributed by atoms with van der Waals surface area (Å²) < 4.78 is 57.4. The van der Waals surface area contributed by atoms with Gasteiger partial charge in [-0.2, -0.15) is 0 Å². The van der Waals surface area contributed by atoms with Crippen molar-refractivity contribution in [2.45, 2.75) is 25.2 Å². The van der Waals surface area contributed by atoms with Gasteiger partial charge in [0.05, 0.1) is 6.42 Å². The van der Waals surface area contributed by atoms with Crippen LogP contribution in [-0.4, -0.2) is 12.3 Å². The fourth-order valence-electron chi connectivity index (χ4n) is 0.422. The Labute approximate surface area is 55.0 Å². The minimum atomic E-state index is -3.61. The Hall–Kier alpha value is -0.350. The number of rotatable bonds is 4. The second-order valence-electron chi connectivity index (χ2n) is 1.81. The van der Waals surface area contributed by atoms with E-state index in [1.165, 1.54) is 0 Å². The molecule has 0 rings (SSSR count). The molecule has 0 spiro atoms. The van der Waals surface area contributed by atoms with E-state index in [0.29, 0.717) is 0 Å². The summed E-state index contributed by atoms with van der Waals surface area (Å²) in [6.45, 7) is -0.317. The van der Waals surface area contributed by atoms with Crippen LogP contribution in [0.25, 0.3) is 0 Å². The summed E-state index contributed by atoms with van der Waals surface area (Å²) in [5, 5.41) is 0. The molecule has 0 N–H and O–H groups in total. The van der Waals surface area contributed by atoms with Crippen LogP contribution in [0, 0.1) is 6.67 Å². The molecular weight excluding hydrogens is 155 g/mol. The quantitative estimate of drug-likeness (QED) is 0.556. The number of alkyl halides is 4. The van der Waals surface area contributed by atoms with Crippen molar-refractivity contribution in [3.05, 3.63) is 6.67 Å². The molecule has 0 unspecified atom stereocenters. The van der Waals surface area contributed by atoms with Gasteiger partial charge in [-0.3, -0.25) is 0 Å². The van der Waals surface area contributed by atoms with Crippen LogP contribution in [0.5, 0.6) is 0 Å². The minimum Gasteiger partial charge on any atom is -0.244 e. The molecule has 0 amide bonds. The molecule has 0 aliphatic heterocycles. The summed E-state index contributed by atoms with van der Waals surface area (Å²) in [6, 6.07) is 0. The van der Waals surface area contributed by atoms with Crippen LogP contribution in [0.2, 0.25) is 0 Å². The van der Waals surface area contributed by atoms with Gasteiger partial charge >= 0.3 is 0 Å². The van der Waals surface area contributed by atoms with Crippen LogP contribution in [0.15, 0.2) is 0 Å². The van der Waals surface area contributed by atoms with E-state index in [0.717, 1.165) is 0 Å². The second-order valence-corrected chi connectivity index (χ2v) is 1.81. The maximum absolute atomic E-state index is 11.9. The summed E-state index contributed by atoms with van der Waals surface area (Å²) in [5.74, 6) is -3.61. The zero-order valence-corrected chi connectivity index (χ0v) is 4.96. The molecule has 0 atom stereocenters.